The Balaban J connectivity index is 1.44. The molecule has 1 aromatic carbocycles. The van der Waals surface area contributed by atoms with Crippen molar-refractivity contribution in [3.05, 3.63) is 78.6 Å². The number of hydrogen-bond acceptors (Lipinski definition) is 7. The number of H-pyrrole nitrogens is 1. The molecule has 0 bridgehead atoms. The number of fused-ring (bicyclic) bond motifs is 1. The molecule has 0 amide bonds. The minimum atomic E-state index is -3.31. The Bertz CT molecular complexity index is 1570. The lowest BCUT2D eigenvalue weighted by Gasteiger charge is -2.07. The maximum atomic E-state index is 11.4. The van der Waals surface area contributed by atoms with Crippen molar-refractivity contribution in [2.75, 3.05) is 16.3 Å². The molecule has 0 saturated carbocycles. The Morgan fingerprint density at radius 1 is 1.00 bits per heavy atom. The predicted octanol–water partition coefficient (Wildman–Crippen LogP) is 3.47. The standard InChI is InChI=1S/C23H22N8O2S/c1-15-4-3-5-19(27-15)23-22(16-6-11-21-25-14-26-31(21)13-16)28-20(29-23)12-24-17-7-9-18(10-8-17)30-34(2,32)33/h3-11,13-14,24,30H,12H2,1-2H3,(H,28,29). The summed E-state index contributed by atoms with van der Waals surface area (Å²) in [5.74, 6) is 0.727. The Morgan fingerprint density at radius 3 is 2.56 bits per heavy atom. The molecule has 0 spiro atoms. The summed E-state index contributed by atoms with van der Waals surface area (Å²) in [7, 11) is -3.31. The molecule has 0 unspecified atom stereocenters. The molecule has 0 radical (unpaired) electrons. The largest absolute Gasteiger partial charge is 0.378 e. The first-order valence-electron chi connectivity index (χ1n) is 10.5. The van der Waals surface area contributed by atoms with Gasteiger partial charge in [0.05, 0.1) is 29.9 Å². The molecule has 4 heterocycles. The summed E-state index contributed by atoms with van der Waals surface area (Å²) >= 11 is 0. The smallest absolute Gasteiger partial charge is 0.229 e. The van der Waals surface area contributed by atoms with Crippen LogP contribution in [0.5, 0.6) is 0 Å². The van der Waals surface area contributed by atoms with E-state index in [0.29, 0.717) is 12.2 Å². The minimum absolute atomic E-state index is 0.434. The first kappa shape index (κ1) is 21.6. The molecule has 5 rings (SSSR count). The summed E-state index contributed by atoms with van der Waals surface area (Å²) in [6.07, 6.45) is 4.52. The van der Waals surface area contributed by atoms with E-state index >= 15 is 0 Å². The fraction of sp³-hybridized carbons (Fsp3) is 0.130. The van der Waals surface area contributed by atoms with Crippen molar-refractivity contribution in [2.45, 2.75) is 13.5 Å². The zero-order valence-corrected chi connectivity index (χ0v) is 19.3. The lowest BCUT2D eigenvalue weighted by atomic mass is 10.1. The maximum Gasteiger partial charge on any atom is 0.229 e. The molecule has 5 aromatic rings. The topological polar surface area (TPSA) is 130 Å². The predicted molar refractivity (Wildman–Crippen MR) is 131 cm³/mol. The zero-order valence-electron chi connectivity index (χ0n) is 18.5. The van der Waals surface area contributed by atoms with Crippen LogP contribution in [-0.2, 0) is 16.6 Å². The Labute approximate surface area is 196 Å². The molecule has 0 saturated heterocycles. The molecule has 172 valence electrons. The highest BCUT2D eigenvalue weighted by atomic mass is 32.2. The number of anilines is 2. The van der Waals surface area contributed by atoms with Crippen molar-refractivity contribution in [3.8, 4) is 22.6 Å². The summed E-state index contributed by atoms with van der Waals surface area (Å²) in [6, 6.07) is 16.7. The zero-order chi connectivity index (χ0) is 23.7. The van der Waals surface area contributed by atoms with Crippen LogP contribution in [0, 0.1) is 6.92 Å². The van der Waals surface area contributed by atoms with Gasteiger partial charge in [0.25, 0.3) is 0 Å². The van der Waals surface area contributed by atoms with E-state index in [0.717, 1.165) is 51.8 Å². The lowest BCUT2D eigenvalue weighted by molar-refractivity contribution is 0.607. The van der Waals surface area contributed by atoms with Crippen molar-refractivity contribution >= 4 is 27.0 Å². The van der Waals surface area contributed by atoms with Crippen molar-refractivity contribution in [3.63, 3.8) is 0 Å². The van der Waals surface area contributed by atoms with Gasteiger partial charge in [0.2, 0.25) is 10.0 Å². The highest BCUT2D eigenvalue weighted by molar-refractivity contribution is 7.92. The van der Waals surface area contributed by atoms with Crippen LogP contribution in [0.4, 0.5) is 11.4 Å². The van der Waals surface area contributed by atoms with E-state index in [1.54, 1.807) is 28.8 Å². The molecule has 0 atom stereocenters. The molecule has 0 aliphatic carbocycles. The fourth-order valence-electron chi connectivity index (χ4n) is 3.60. The number of hydrogen-bond donors (Lipinski definition) is 3. The Morgan fingerprint density at radius 2 is 1.79 bits per heavy atom. The molecule has 4 aromatic heterocycles. The van der Waals surface area contributed by atoms with Gasteiger partial charge >= 0.3 is 0 Å². The Hall–Kier alpha value is -4.25. The van der Waals surface area contributed by atoms with Crippen molar-refractivity contribution in [1.82, 2.24) is 29.5 Å². The van der Waals surface area contributed by atoms with Gasteiger partial charge in [-0.3, -0.25) is 9.71 Å². The number of benzene rings is 1. The van der Waals surface area contributed by atoms with Gasteiger partial charge in [-0.05, 0) is 55.5 Å². The second-order valence-corrected chi connectivity index (χ2v) is 9.61. The molecule has 10 nitrogen and oxygen atoms in total. The number of imidazole rings is 1. The number of rotatable bonds is 7. The SMILES string of the molecule is Cc1cccc(-c2[nH]c(CNc3ccc(NS(C)(=O)=O)cc3)nc2-c2ccc3ncnn3c2)n1. The molecule has 11 heteroatoms. The highest BCUT2D eigenvalue weighted by Gasteiger charge is 2.16. The molecule has 0 aliphatic heterocycles. The van der Waals surface area contributed by atoms with Gasteiger partial charge in [-0.1, -0.05) is 6.07 Å². The highest BCUT2D eigenvalue weighted by Crippen LogP contribution is 2.29. The van der Waals surface area contributed by atoms with Crippen LogP contribution in [0.3, 0.4) is 0 Å². The monoisotopic (exact) mass is 474 g/mol. The third-order valence-electron chi connectivity index (χ3n) is 5.09. The van der Waals surface area contributed by atoms with E-state index in [1.807, 2.05) is 43.5 Å². The minimum Gasteiger partial charge on any atom is -0.378 e. The number of aromatic amines is 1. The second-order valence-electron chi connectivity index (χ2n) is 7.86. The van der Waals surface area contributed by atoms with Crippen molar-refractivity contribution in [2.24, 2.45) is 0 Å². The first-order chi connectivity index (χ1) is 16.3. The summed E-state index contributed by atoms with van der Waals surface area (Å²) < 4.78 is 26.9. The number of nitrogens with one attached hydrogen (secondary N) is 3. The van der Waals surface area contributed by atoms with Gasteiger partial charge < -0.3 is 10.3 Å². The summed E-state index contributed by atoms with van der Waals surface area (Å²) in [5, 5.41) is 7.54. The van der Waals surface area contributed by atoms with E-state index in [-0.39, 0.29) is 0 Å². The van der Waals surface area contributed by atoms with Crippen LogP contribution < -0.4 is 10.0 Å². The van der Waals surface area contributed by atoms with Gasteiger partial charge in [-0.2, -0.15) is 5.10 Å². The van der Waals surface area contributed by atoms with E-state index in [4.69, 9.17) is 4.98 Å². The van der Waals surface area contributed by atoms with Crippen LogP contribution in [0.2, 0.25) is 0 Å². The van der Waals surface area contributed by atoms with E-state index in [1.165, 1.54) is 6.33 Å². The van der Waals surface area contributed by atoms with E-state index < -0.39 is 10.0 Å². The van der Waals surface area contributed by atoms with Crippen molar-refractivity contribution in [1.29, 1.82) is 0 Å². The van der Waals surface area contributed by atoms with Crippen molar-refractivity contribution < 1.29 is 8.42 Å². The second kappa shape index (κ2) is 8.60. The van der Waals surface area contributed by atoms with Gasteiger partial charge in [0.15, 0.2) is 5.65 Å². The van der Waals surface area contributed by atoms with Gasteiger partial charge in [0, 0.05) is 28.8 Å². The summed E-state index contributed by atoms with van der Waals surface area (Å²) in [4.78, 5) is 17.1. The maximum absolute atomic E-state index is 11.4. The van der Waals surface area contributed by atoms with Gasteiger partial charge in [-0.15, -0.1) is 0 Å². The van der Waals surface area contributed by atoms with Crippen LogP contribution in [-0.4, -0.2) is 44.2 Å². The summed E-state index contributed by atoms with van der Waals surface area (Å²) in [5.41, 5.74) is 6.25. The molecular formula is C23H22N8O2S. The van der Waals surface area contributed by atoms with E-state index in [9.17, 15) is 8.42 Å². The number of nitrogens with zero attached hydrogens (tertiary/aromatic N) is 5. The molecule has 3 N–H and O–H groups in total. The average molecular weight is 475 g/mol. The number of aryl methyl sites for hydroxylation is 1. The normalized spacial score (nSPS) is 11.6. The van der Waals surface area contributed by atoms with Crippen LogP contribution in [0.25, 0.3) is 28.3 Å². The van der Waals surface area contributed by atoms with E-state index in [2.05, 4.69) is 30.1 Å². The fourth-order valence-corrected chi connectivity index (χ4v) is 4.16. The number of aromatic nitrogens is 6. The molecule has 34 heavy (non-hydrogen) atoms. The number of pyridine rings is 2. The van der Waals surface area contributed by atoms with Gasteiger partial charge in [0.1, 0.15) is 12.2 Å². The molecular weight excluding hydrogens is 452 g/mol. The van der Waals surface area contributed by atoms with Crippen LogP contribution >= 0.6 is 0 Å². The third kappa shape index (κ3) is 4.74. The number of sulfonamides is 1. The lowest BCUT2D eigenvalue weighted by Crippen LogP contribution is -2.09. The Kier molecular flexibility index (Phi) is 5.46. The first-order valence-corrected chi connectivity index (χ1v) is 12.4. The third-order valence-corrected chi connectivity index (χ3v) is 5.70. The van der Waals surface area contributed by atoms with Crippen LogP contribution in [0.1, 0.15) is 11.5 Å². The average Bonchev–Trinajstić information content (AvgIpc) is 3.44. The van der Waals surface area contributed by atoms with Crippen LogP contribution in [0.15, 0.2) is 67.1 Å². The molecule has 0 fully saturated rings. The molecule has 0 aliphatic rings. The quantitative estimate of drug-likeness (QED) is 0.329. The summed E-state index contributed by atoms with van der Waals surface area (Å²) in [6.45, 7) is 2.38. The van der Waals surface area contributed by atoms with Gasteiger partial charge in [-0.25, -0.2) is 22.9 Å².